The van der Waals surface area contributed by atoms with E-state index >= 15 is 0 Å². The van der Waals surface area contributed by atoms with Gasteiger partial charge in [-0.2, -0.15) is 0 Å². The third-order valence-corrected chi connectivity index (χ3v) is 3.81. The maximum absolute atomic E-state index is 6.23. The second-order valence-electron chi connectivity index (χ2n) is 4.79. The predicted molar refractivity (Wildman–Crippen MR) is 79.9 cm³/mol. The molecule has 0 heterocycles. The zero-order valence-corrected chi connectivity index (χ0v) is 12.4. The van der Waals surface area contributed by atoms with Crippen molar-refractivity contribution in [2.75, 3.05) is 0 Å². The van der Waals surface area contributed by atoms with Crippen molar-refractivity contribution in [2.45, 2.75) is 27.2 Å². The summed E-state index contributed by atoms with van der Waals surface area (Å²) in [5.74, 6) is 0. The maximum atomic E-state index is 6.23. The average Bonchev–Trinajstić information content (AvgIpc) is 2.25. The Labute approximate surface area is 119 Å². The average molecular weight is 279 g/mol. The minimum atomic E-state index is 0.682. The number of hydrogen-bond donors (Lipinski definition) is 0. The van der Waals surface area contributed by atoms with Crippen molar-refractivity contribution < 1.29 is 0 Å². The zero-order chi connectivity index (χ0) is 13.3. The quantitative estimate of drug-likeness (QED) is 0.680. The van der Waals surface area contributed by atoms with E-state index in [4.69, 9.17) is 23.2 Å². The highest BCUT2D eigenvalue weighted by atomic mass is 35.5. The summed E-state index contributed by atoms with van der Waals surface area (Å²) >= 11 is 12.1. The van der Waals surface area contributed by atoms with E-state index in [0.717, 1.165) is 17.0 Å². The molecule has 0 aliphatic heterocycles. The van der Waals surface area contributed by atoms with Crippen LogP contribution in [0.4, 0.5) is 0 Å². The van der Waals surface area contributed by atoms with Crippen LogP contribution >= 0.6 is 23.2 Å². The Morgan fingerprint density at radius 3 is 2.06 bits per heavy atom. The lowest BCUT2D eigenvalue weighted by Crippen LogP contribution is -1.97. The second kappa shape index (κ2) is 5.34. The third-order valence-electron chi connectivity index (χ3n) is 3.22. The Morgan fingerprint density at radius 1 is 0.889 bits per heavy atom. The van der Waals surface area contributed by atoms with Crippen LogP contribution in [0.25, 0.3) is 0 Å². The van der Waals surface area contributed by atoms with E-state index in [1.165, 1.54) is 22.3 Å². The van der Waals surface area contributed by atoms with E-state index in [-0.39, 0.29) is 0 Å². The van der Waals surface area contributed by atoms with Gasteiger partial charge in [-0.15, -0.1) is 0 Å². The van der Waals surface area contributed by atoms with Crippen molar-refractivity contribution in [1.82, 2.24) is 0 Å². The molecule has 2 heteroatoms. The molecule has 0 bridgehead atoms. The standard InChI is InChI=1S/C16H16Cl2/c1-10-6-11(2)15(12(3)7-10)8-13-4-5-14(17)9-16(13)18/h4-7,9H,8H2,1-3H3. The molecular formula is C16H16Cl2. The molecule has 18 heavy (non-hydrogen) atoms. The van der Waals surface area contributed by atoms with Gasteiger partial charge in [0.2, 0.25) is 0 Å². The van der Waals surface area contributed by atoms with Gasteiger partial charge in [0.25, 0.3) is 0 Å². The summed E-state index contributed by atoms with van der Waals surface area (Å²) in [6, 6.07) is 10.1. The summed E-state index contributed by atoms with van der Waals surface area (Å²) in [7, 11) is 0. The van der Waals surface area contributed by atoms with Crippen molar-refractivity contribution in [1.29, 1.82) is 0 Å². The maximum Gasteiger partial charge on any atom is 0.0456 e. The lowest BCUT2D eigenvalue weighted by Gasteiger charge is -2.12. The first-order chi connectivity index (χ1) is 8.47. The molecule has 0 aromatic heterocycles. The van der Waals surface area contributed by atoms with Gasteiger partial charge >= 0.3 is 0 Å². The molecule has 0 saturated carbocycles. The van der Waals surface area contributed by atoms with Crippen molar-refractivity contribution in [3.05, 3.63) is 68.2 Å². The molecule has 0 unspecified atom stereocenters. The predicted octanol–water partition coefficient (Wildman–Crippen LogP) is 5.51. The van der Waals surface area contributed by atoms with Crippen LogP contribution in [0.1, 0.15) is 27.8 Å². The summed E-state index contributed by atoms with van der Waals surface area (Å²) in [5, 5.41) is 1.42. The highest BCUT2D eigenvalue weighted by molar-refractivity contribution is 6.35. The van der Waals surface area contributed by atoms with E-state index in [2.05, 4.69) is 32.9 Å². The fraction of sp³-hybridized carbons (Fsp3) is 0.250. The number of hydrogen-bond acceptors (Lipinski definition) is 0. The molecule has 0 atom stereocenters. The molecule has 94 valence electrons. The summed E-state index contributed by atoms with van der Waals surface area (Å²) in [4.78, 5) is 0. The van der Waals surface area contributed by atoms with Crippen LogP contribution in [-0.4, -0.2) is 0 Å². The fourth-order valence-corrected chi connectivity index (χ4v) is 2.82. The lowest BCUT2D eigenvalue weighted by atomic mass is 9.94. The van der Waals surface area contributed by atoms with Gasteiger partial charge in [-0.3, -0.25) is 0 Å². The molecule has 0 aliphatic rings. The van der Waals surface area contributed by atoms with Gasteiger partial charge in [0, 0.05) is 10.0 Å². The molecule has 2 aromatic carbocycles. The van der Waals surface area contributed by atoms with Crippen molar-refractivity contribution in [3.63, 3.8) is 0 Å². The molecule has 0 N–H and O–H groups in total. The Morgan fingerprint density at radius 2 is 1.50 bits per heavy atom. The molecule has 0 saturated heterocycles. The van der Waals surface area contributed by atoms with Crippen molar-refractivity contribution in [2.24, 2.45) is 0 Å². The monoisotopic (exact) mass is 278 g/mol. The minimum absolute atomic E-state index is 0.682. The molecule has 2 aromatic rings. The summed E-state index contributed by atoms with van der Waals surface area (Å²) in [6.45, 7) is 6.43. The van der Waals surface area contributed by atoms with Gasteiger partial charge in [-0.05, 0) is 61.6 Å². The van der Waals surface area contributed by atoms with Gasteiger partial charge in [0.05, 0.1) is 0 Å². The smallest absolute Gasteiger partial charge is 0.0456 e. The van der Waals surface area contributed by atoms with Crippen LogP contribution in [0, 0.1) is 20.8 Å². The first-order valence-electron chi connectivity index (χ1n) is 5.98. The Hall–Kier alpha value is -0.980. The molecule has 0 amide bonds. The highest BCUT2D eigenvalue weighted by Crippen LogP contribution is 2.26. The van der Waals surface area contributed by atoms with E-state index in [1.807, 2.05) is 12.1 Å². The number of aryl methyl sites for hydroxylation is 3. The zero-order valence-electron chi connectivity index (χ0n) is 10.8. The van der Waals surface area contributed by atoms with E-state index in [0.29, 0.717) is 5.02 Å². The third kappa shape index (κ3) is 2.88. The van der Waals surface area contributed by atoms with Crippen LogP contribution in [0.15, 0.2) is 30.3 Å². The first kappa shape index (κ1) is 13.5. The summed E-state index contributed by atoms with van der Waals surface area (Å²) < 4.78 is 0. The SMILES string of the molecule is Cc1cc(C)c(Cc2ccc(Cl)cc2Cl)c(C)c1. The Bertz CT molecular complexity index is 563. The molecular weight excluding hydrogens is 263 g/mol. The van der Waals surface area contributed by atoms with Crippen molar-refractivity contribution in [3.8, 4) is 0 Å². The van der Waals surface area contributed by atoms with E-state index < -0.39 is 0 Å². The Balaban J connectivity index is 2.40. The van der Waals surface area contributed by atoms with Gasteiger partial charge in [0.15, 0.2) is 0 Å². The highest BCUT2D eigenvalue weighted by Gasteiger charge is 2.08. The number of benzene rings is 2. The van der Waals surface area contributed by atoms with Crippen LogP contribution in [-0.2, 0) is 6.42 Å². The van der Waals surface area contributed by atoms with Crippen LogP contribution in [0.2, 0.25) is 10.0 Å². The van der Waals surface area contributed by atoms with Gasteiger partial charge in [-0.1, -0.05) is 47.0 Å². The molecule has 0 radical (unpaired) electrons. The minimum Gasteiger partial charge on any atom is -0.0843 e. The topological polar surface area (TPSA) is 0 Å². The molecule has 0 aliphatic carbocycles. The molecule has 0 spiro atoms. The van der Waals surface area contributed by atoms with Crippen LogP contribution < -0.4 is 0 Å². The molecule has 0 fully saturated rings. The summed E-state index contributed by atoms with van der Waals surface area (Å²) in [5.41, 5.74) is 6.41. The lowest BCUT2D eigenvalue weighted by molar-refractivity contribution is 1.11. The number of halogens is 2. The molecule has 0 nitrogen and oxygen atoms in total. The normalized spacial score (nSPS) is 10.7. The first-order valence-corrected chi connectivity index (χ1v) is 6.73. The van der Waals surface area contributed by atoms with Gasteiger partial charge in [-0.25, -0.2) is 0 Å². The van der Waals surface area contributed by atoms with E-state index in [9.17, 15) is 0 Å². The fourth-order valence-electron chi connectivity index (χ4n) is 2.34. The van der Waals surface area contributed by atoms with Crippen molar-refractivity contribution >= 4 is 23.2 Å². The van der Waals surface area contributed by atoms with Crippen LogP contribution in [0.3, 0.4) is 0 Å². The number of rotatable bonds is 2. The summed E-state index contributed by atoms with van der Waals surface area (Å²) in [6.07, 6.45) is 0.855. The van der Waals surface area contributed by atoms with Crippen LogP contribution in [0.5, 0.6) is 0 Å². The largest absolute Gasteiger partial charge is 0.0843 e. The second-order valence-corrected chi connectivity index (χ2v) is 5.63. The van der Waals surface area contributed by atoms with Gasteiger partial charge < -0.3 is 0 Å². The molecule has 2 rings (SSSR count). The van der Waals surface area contributed by atoms with Gasteiger partial charge in [0.1, 0.15) is 0 Å². The van der Waals surface area contributed by atoms with E-state index in [1.54, 1.807) is 6.07 Å². The Kier molecular flexibility index (Phi) is 3.99.